The number of H-pyrrole nitrogens is 1. The maximum Gasteiger partial charge on any atom is 0.322 e. The lowest BCUT2D eigenvalue weighted by atomic mass is 9.92. The molecule has 8 nitrogen and oxygen atoms in total. The van der Waals surface area contributed by atoms with Crippen LogP contribution in [0.5, 0.6) is 6.01 Å². The Morgan fingerprint density at radius 3 is 2.81 bits per heavy atom. The first-order valence-electron chi connectivity index (χ1n) is 9.34. The van der Waals surface area contributed by atoms with E-state index in [0.717, 1.165) is 37.0 Å². The van der Waals surface area contributed by atoms with E-state index in [9.17, 15) is 0 Å². The highest BCUT2D eigenvalue weighted by atomic mass is 35.5. The van der Waals surface area contributed by atoms with Crippen LogP contribution in [-0.4, -0.2) is 49.8 Å². The van der Waals surface area contributed by atoms with Gasteiger partial charge >= 0.3 is 6.01 Å². The first-order chi connectivity index (χ1) is 13.3. The summed E-state index contributed by atoms with van der Waals surface area (Å²) in [5, 5.41) is 8.78. The average molecular weight is 386 g/mol. The molecule has 2 aliphatic rings. The molecule has 0 atom stereocenters. The molecule has 0 radical (unpaired) electrons. The lowest BCUT2D eigenvalue weighted by Gasteiger charge is -2.31. The van der Waals surface area contributed by atoms with Crippen LogP contribution in [0.1, 0.15) is 37.3 Å². The Morgan fingerprint density at radius 2 is 2.00 bits per heavy atom. The summed E-state index contributed by atoms with van der Waals surface area (Å²) in [7, 11) is 0. The predicted octanol–water partition coefficient (Wildman–Crippen LogP) is 2.97. The van der Waals surface area contributed by atoms with Crippen molar-refractivity contribution >= 4 is 28.6 Å². The molecule has 140 valence electrons. The second-order valence-corrected chi connectivity index (χ2v) is 7.55. The Labute approximate surface area is 161 Å². The van der Waals surface area contributed by atoms with Gasteiger partial charge in [-0.2, -0.15) is 20.1 Å². The highest BCUT2D eigenvalue weighted by Crippen LogP contribution is 2.33. The number of aromatic nitrogens is 6. The van der Waals surface area contributed by atoms with Gasteiger partial charge in [0, 0.05) is 36.3 Å². The fourth-order valence-corrected chi connectivity index (χ4v) is 3.70. The van der Waals surface area contributed by atoms with Crippen LogP contribution in [0.3, 0.4) is 0 Å². The Kier molecular flexibility index (Phi) is 4.27. The number of nitrogens with zero attached hydrogens (tertiary/aromatic N) is 6. The summed E-state index contributed by atoms with van der Waals surface area (Å²) < 4.78 is 5.68. The molecule has 5 rings (SSSR count). The van der Waals surface area contributed by atoms with Gasteiger partial charge in [-0.05, 0) is 55.3 Å². The molecule has 0 aromatic carbocycles. The number of piperidine rings is 1. The number of pyridine rings is 1. The van der Waals surface area contributed by atoms with E-state index in [0.29, 0.717) is 30.4 Å². The van der Waals surface area contributed by atoms with Crippen molar-refractivity contribution in [2.24, 2.45) is 5.92 Å². The number of hydrogen-bond donors (Lipinski definition) is 1. The summed E-state index contributed by atoms with van der Waals surface area (Å²) >= 11 is 6.09. The molecule has 4 heterocycles. The molecular weight excluding hydrogens is 366 g/mol. The summed E-state index contributed by atoms with van der Waals surface area (Å²) in [5.41, 5.74) is 1.94. The monoisotopic (exact) mass is 385 g/mol. The number of nitrogens with one attached hydrogen (secondary N) is 1. The van der Waals surface area contributed by atoms with Gasteiger partial charge in [-0.3, -0.25) is 5.10 Å². The number of rotatable bonds is 5. The first kappa shape index (κ1) is 16.7. The third-order valence-electron chi connectivity index (χ3n) is 5.27. The number of hydrogen-bond acceptors (Lipinski definition) is 7. The van der Waals surface area contributed by atoms with Crippen molar-refractivity contribution in [1.82, 2.24) is 30.1 Å². The van der Waals surface area contributed by atoms with Crippen LogP contribution in [0.2, 0.25) is 5.28 Å². The number of fused-ring (bicyclic) bond motifs is 1. The highest BCUT2D eigenvalue weighted by Gasteiger charge is 2.26. The summed E-state index contributed by atoms with van der Waals surface area (Å²) in [6, 6.07) is 4.35. The molecule has 1 saturated carbocycles. The van der Waals surface area contributed by atoms with Crippen molar-refractivity contribution in [2.45, 2.75) is 31.6 Å². The van der Waals surface area contributed by atoms with E-state index in [1.165, 1.54) is 18.5 Å². The smallest absolute Gasteiger partial charge is 0.322 e. The molecule has 1 saturated heterocycles. The van der Waals surface area contributed by atoms with Crippen molar-refractivity contribution in [1.29, 1.82) is 0 Å². The van der Waals surface area contributed by atoms with Gasteiger partial charge in [-0.15, -0.1) is 0 Å². The summed E-state index contributed by atoms with van der Waals surface area (Å²) in [6.45, 7) is 2.34. The summed E-state index contributed by atoms with van der Waals surface area (Å²) in [6.07, 6.45) is 6.17. The van der Waals surface area contributed by atoms with Gasteiger partial charge in [0.15, 0.2) is 5.65 Å². The molecule has 27 heavy (non-hydrogen) atoms. The predicted molar refractivity (Wildman–Crippen MR) is 101 cm³/mol. The van der Waals surface area contributed by atoms with Crippen molar-refractivity contribution in [3.8, 4) is 6.01 Å². The van der Waals surface area contributed by atoms with E-state index in [4.69, 9.17) is 16.3 Å². The molecule has 1 aliphatic carbocycles. The van der Waals surface area contributed by atoms with Crippen LogP contribution in [-0.2, 0) is 0 Å². The Balaban J connectivity index is 1.28. The van der Waals surface area contributed by atoms with E-state index in [1.807, 2.05) is 6.07 Å². The molecule has 0 spiro atoms. The van der Waals surface area contributed by atoms with Crippen molar-refractivity contribution in [2.75, 3.05) is 24.6 Å². The lowest BCUT2D eigenvalue weighted by Crippen LogP contribution is -2.34. The Hall–Kier alpha value is -2.48. The third kappa shape index (κ3) is 3.53. The van der Waals surface area contributed by atoms with Gasteiger partial charge in [0.1, 0.15) is 0 Å². The molecular formula is C18H20ClN7O. The van der Waals surface area contributed by atoms with E-state index in [2.05, 4.69) is 41.1 Å². The molecule has 1 N–H and O–H groups in total. The van der Waals surface area contributed by atoms with Crippen LogP contribution < -0.4 is 9.64 Å². The highest BCUT2D eigenvalue weighted by molar-refractivity contribution is 6.28. The van der Waals surface area contributed by atoms with Gasteiger partial charge in [0.25, 0.3) is 0 Å². The molecule has 3 aromatic rings. The second-order valence-electron chi connectivity index (χ2n) is 7.21. The fourth-order valence-electron chi connectivity index (χ4n) is 3.55. The second kappa shape index (κ2) is 6.92. The molecule has 0 amide bonds. The van der Waals surface area contributed by atoms with Gasteiger partial charge < -0.3 is 9.64 Å². The van der Waals surface area contributed by atoms with E-state index >= 15 is 0 Å². The van der Waals surface area contributed by atoms with Crippen LogP contribution in [0, 0.1) is 5.92 Å². The average Bonchev–Trinajstić information content (AvgIpc) is 3.43. The SMILES string of the molecule is Clc1nc(OCC2CC2)nc(N2CCC(c3[nH]nc4ncccc34)CC2)n1. The fraction of sp³-hybridized carbons (Fsp3) is 0.500. The Morgan fingerprint density at radius 1 is 1.15 bits per heavy atom. The zero-order chi connectivity index (χ0) is 18.2. The van der Waals surface area contributed by atoms with Gasteiger partial charge in [0.05, 0.1) is 6.61 Å². The van der Waals surface area contributed by atoms with Gasteiger partial charge in [-0.1, -0.05) is 0 Å². The maximum atomic E-state index is 6.09. The number of anilines is 1. The Bertz CT molecular complexity index is 950. The van der Waals surface area contributed by atoms with Gasteiger partial charge in [0.2, 0.25) is 11.2 Å². The minimum absolute atomic E-state index is 0.179. The molecule has 0 unspecified atom stereocenters. The maximum absolute atomic E-state index is 6.09. The topological polar surface area (TPSA) is 92.7 Å². The number of halogens is 1. The molecule has 1 aliphatic heterocycles. The first-order valence-corrected chi connectivity index (χ1v) is 9.72. The standard InChI is InChI=1S/C18H20ClN7O/c19-16-21-17(23-18(22-16)27-10-11-3-4-11)26-8-5-12(6-9-26)14-13-2-1-7-20-15(13)25-24-14/h1-2,7,11-12H,3-6,8-10H2,(H,20,24,25). The minimum atomic E-state index is 0.179. The molecule has 2 fully saturated rings. The van der Waals surface area contributed by atoms with Crippen LogP contribution in [0.15, 0.2) is 18.3 Å². The van der Waals surface area contributed by atoms with Crippen LogP contribution in [0.4, 0.5) is 5.95 Å². The van der Waals surface area contributed by atoms with E-state index < -0.39 is 0 Å². The van der Waals surface area contributed by atoms with E-state index in [-0.39, 0.29) is 5.28 Å². The largest absolute Gasteiger partial charge is 0.463 e. The van der Waals surface area contributed by atoms with Crippen molar-refractivity contribution < 1.29 is 4.74 Å². The lowest BCUT2D eigenvalue weighted by molar-refractivity contribution is 0.275. The summed E-state index contributed by atoms with van der Waals surface area (Å²) in [5.74, 6) is 1.65. The van der Waals surface area contributed by atoms with Crippen molar-refractivity contribution in [3.05, 3.63) is 29.3 Å². The van der Waals surface area contributed by atoms with Gasteiger partial charge in [-0.25, -0.2) is 4.98 Å². The zero-order valence-corrected chi connectivity index (χ0v) is 15.6. The third-order valence-corrected chi connectivity index (χ3v) is 5.44. The number of ether oxygens (including phenoxy) is 1. The van der Waals surface area contributed by atoms with Crippen LogP contribution in [0.25, 0.3) is 11.0 Å². The zero-order valence-electron chi connectivity index (χ0n) is 14.8. The minimum Gasteiger partial charge on any atom is -0.463 e. The number of aromatic amines is 1. The van der Waals surface area contributed by atoms with Crippen molar-refractivity contribution in [3.63, 3.8) is 0 Å². The molecule has 9 heteroatoms. The molecule has 3 aromatic heterocycles. The normalized spacial score (nSPS) is 18.2. The van der Waals surface area contributed by atoms with Crippen LogP contribution >= 0.6 is 11.6 Å². The quantitative estimate of drug-likeness (QED) is 0.721. The molecule has 0 bridgehead atoms. The van der Waals surface area contributed by atoms with E-state index in [1.54, 1.807) is 6.20 Å². The summed E-state index contributed by atoms with van der Waals surface area (Å²) in [4.78, 5) is 19.3.